The van der Waals surface area contributed by atoms with Gasteiger partial charge in [-0.25, -0.2) is 4.98 Å². The van der Waals surface area contributed by atoms with E-state index in [1.54, 1.807) is 6.20 Å². The van der Waals surface area contributed by atoms with E-state index in [0.29, 0.717) is 0 Å². The Morgan fingerprint density at radius 1 is 0.688 bits per heavy atom. The molecule has 5 heteroatoms. The van der Waals surface area contributed by atoms with Crippen molar-refractivity contribution in [2.75, 3.05) is 0 Å². The van der Waals surface area contributed by atoms with Crippen molar-refractivity contribution in [3.05, 3.63) is 122 Å². The maximum Gasteiger partial charge on any atom is 0.416 e. The van der Waals surface area contributed by atoms with Crippen molar-refractivity contribution in [2.24, 2.45) is 0 Å². The van der Waals surface area contributed by atoms with Gasteiger partial charge >= 0.3 is 14.7 Å². The van der Waals surface area contributed by atoms with E-state index < -0.39 is 14.7 Å². The fraction of sp³-hybridized carbons (Fsp3) is 0.0370. The van der Waals surface area contributed by atoms with E-state index in [1.807, 2.05) is 47.2 Å². The molecular formula is C27H21N2O2Si+. The lowest BCUT2D eigenvalue weighted by Crippen LogP contribution is -2.71. The third-order valence-electron chi connectivity index (χ3n) is 5.95. The highest BCUT2D eigenvalue weighted by atomic mass is 28.4. The normalized spacial score (nSPS) is 14.9. The van der Waals surface area contributed by atoms with Gasteiger partial charge in [-0.3, -0.25) is 0 Å². The average Bonchev–Trinajstić information content (AvgIpc) is 3.23. The predicted octanol–water partition coefficient (Wildman–Crippen LogP) is 3.05. The second kappa shape index (κ2) is 7.71. The van der Waals surface area contributed by atoms with Crippen LogP contribution in [0.4, 0.5) is 0 Å². The Hall–Kier alpha value is -3.80. The molecule has 0 N–H and O–H groups in total. The molecule has 5 aromatic rings. The first-order chi connectivity index (χ1) is 15.9. The molecule has 4 nitrogen and oxygen atoms in total. The Kier molecular flexibility index (Phi) is 4.56. The van der Waals surface area contributed by atoms with Crippen LogP contribution in [-0.2, 0) is 4.43 Å². The van der Waals surface area contributed by atoms with E-state index in [0.717, 1.165) is 16.8 Å². The quantitative estimate of drug-likeness (QED) is 0.243. The summed E-state index contributed by atoms with van der Waals surface area (Å²) in [6.07, 6.45) is 3.14. The number of para-hydroxylation sites is 1. The number of hydrogen-bond acceptors (Lipinski definition) is 3. The largest absolute Gasteiger partial charge is 0.416 e. The van der Waals surface area contributed by atoms with Crippen molar-refractivity contribution in [1.82, 2.24) is 4.98 Å². The first-order valence-electron chi connectivity index (χ1n) is 10.7. The zero-order chi connectivity index (χ0) is 21.4. The lowest BCUT2D eigenvalue weighted by atomic mass is 10.3. The summed E-state index contributed by atoms with van der Waals surface area (Å²) >= 11 is 0. The maximum atomic E-state index is 7.18. The molecule has 1 aliphatic heterocycles. The topological polar surface area (TPSA) is 35.2 Å². The summed E-state index contributed by atoms with van der Waals surface area (Å²) in [5.41, 5.74) is 1.85. The zero-order valence-corrected chi connectivity index (χ0v) is 18.3. The van der Waals surface area contributed by atoms with E-state index in [-0.39, 0.29) is 0 Å². The molecule has 0 amide bonds. The van der Waals surface area contributed by atoms with Crippen LogP contribution >= 0.6 is 0 Å². The van der Waals surface area contributed by atoms with Crippen LogP contribution in [0.1, 0.15) is 6.41 Å². The number of nitrogens with zero attached hydrogens (tertiary/aromatic N) is 2. The molecule has 4 aromatic carbocycles. The zero-order valence-electron chi connectivity index (χ0n) is 17.3. The third kappa shape index (κ3) is 2.94. The Labute approximate surface area is 187 Å². The van der Waals surface area contributed by atoms with Crippen LogP contribution in [0.3, 0.4) is 0 Å². The summed E-state index contributed by atoms with van der Waals surface area (Å²) < 4.78 is 15.6. The molecule has 1 aliphatic rings. The van der Waals surface area contributed by atoms with E-state index >= 15 is 0 Å². The lowest BCUT2D eigenvalue weighted by molar-refractivity contribution is -0.756. The highest BCUT2D eigenvalue weighted by Gasteiger charge is 2.49. The summed E-state index contributed by atoms with van der Waals surface area (Å²) in [4.78, 5) is 4.50. The first kappa shape index (κ1) is 18.9. The molecule has 1 unspecified atom stereocenters. The Bertz CT molecular complexity index is 1280. The summed E-state index contributed by atoms with van der Waals surface area (Å²) in [7, 11) is -2.91. The summed E-state index contributed by atoms with van der Waals surface area (Å²) in [6.45, 7) is 0. The molecular weight excluding hydrogens is 412 g/mol. The van der Waals surface area contributed by atoms with E-state index in [1.165, 1.54) is 15.6 Å². The smallest absolute Gasteiger partial charge is 0.405 e. The van der Waals surface area contributed by atoms with Crippen LogP contribution in [0, 0.1) is 0 Å². The van der Waals surface area contributed by atoms with Gasteiger partial charge in [0.25, 0.3) is 5.52 Å². The molecule has 0 fully saturated rings. The molecule has 154 valence electrons. The van der Waals surface area contributed by atoms with Crippen LogP contribution in [0.5, 0.6) is 5.75 Å². The van der Waals surface area contributed by atoms with Crippen LogP contribution in [0.25, 0.3) is 11.0 Å². The fourth-order valence-corrected chi connectivity index (χ4v) is 8.38. The van der Waals surface area contributed by atoms with Crippen molar-refractivity contribution >= 4 is 34.9 Å². The number of ether oxygens (including phenoxy) is 1. The second-order valence-corrected chi connectivity index (χ2v) is 11.1. The number of hydrogen-bond donors (Lipinski definition) is 0. The molecule has 0 aliphatic carbocycles. The number of rotatable bonds is 5. The van der Waals surface area contributed by atoms with Gasteiger partial charge in [0, 0.05) is 0 Å². The third-order valence-corrected chi connectivity index (χ3v) is 9.94. The van der Waals surface area contributed by atoms with Crippen LogP contribution in [-0.4, -0.2) is 13.3 Å². The summed E-state index contributed by atoms with van der Waals surface area (Å²) in [5.74, 6) is 0.790. The van der Waals surface area contributed by atoms with Gasteiger partial charge < -0.3 is 9.16 Å². The van der Waals surface area contributed by atoms with Crippen molar-refractivity contribution in [3.63, 3.8) is 0 Å². The van der Waals surface area contributed by atoms with Gasteiger partial charge in [-0.05, 0) is 27.7 Å². The number of aromatic nitrogens is 2. The second-order valence-electron chi connectivity index (χ2n) is 7.78. The molecule has 0 saturated heterocycles. The summed E-state index contributed by atoms with van der Waals surface area (Å²) in [6, 6.07) is 37.5. The minimum Gasteiger partial charge on any atom is -0.405 e. The van der Waals surface area contributed by atoms with Gasteiger partial charge in [-0.2, -0.15) is 0 Å². The molecule has 0 saturated carbocycles. The standard InChI is InChI=1S/C27H21N2O2Si/c1-4-11-21(12-5-1)32(22-13-6-2-7-14-22,23-15-8-3-9-16-23)31-27-29-20-19-28-24-17-10-18-25(30-27)26(24)29/h1-20,27H/q+1. The van der Waals surface area contributed by atoms with Crippen LogP contribution in [0.15, 0.2) is 122 Å². The van der Waals surface area contributed by atoms with Crippen molar-refractivity contribution < 1.29 is 13.7 Å². The van der Waals surface area contributed by atoms with E-state index in [9.17, 15) is 0 Å². The van der Waals surface area contributed by atoms with Crippen molar-refractivity contribution in [2.45, 2.75) is 6.41 Å². The van der Waals surface area contributed by atoms with Crippen molar-refractivity contribution in [1.29, 1.82) is 0 Å². The molecule has 1 aromatic heterocycles. The fourth-order valence-electron chi connectivity index (χ4n) is 4.53. The highest BCUT2D eigenvalue weighted by Crippen LogP contribution is 2.31. The molecule has 0 bridgehead atoms. The van der Waals surface area contributed by atoms with Crippen molar-refractivity contribution in [3.8, 4) is 5.75 Å². The monoisotopic (exact) mass is 433 g/mol. The molecule has 0 radical (unpaired) electrons. The molecule has 1 atom stereocenters. The SMILES string of the molecule is c1ccc([Si](OC2Oc3cccc4ncc[n+]2c34)(c2ccccc2)c2ccccc2)cc1. The van der Waals surface area contributed by atoms with Gasteiger partial charge in [0.1, 0.15) is 5.52 Å². The minimum atomic E-state index is -2.91. The molecule has 2 heterocycles. The van der Waals surface area contributed by atoms with E-state index in [2.05, 4.69) is 77.8 Å². The predicted molar refractivity (Wildman–Crippen MR) is 127 cm³/mol. The molecule has 32 heavy (non-hydrogen) atoms. The first-order valence-corrected chi connectivity index (χ1v) is 12.6. The highest BCUT2D eigenvalue weighted by molar-refractivity contribution is 7.07. The van der Waals surface area contributed by atoms with Gasteiger partial charge in [-0.15, -0.1) is 4.57 Å². The Morgan fingerprint density at radius 3 is 1.81 bits per heavy atom. The molecule has 6 rings (SSSR count). The maximum absolute atomic E-state index is 7.18. The average molecular weight is 434 g/mol. The van der Waals surface area contributed by atoms with Gasteiger partial charge in [-0.1, -0.05) is 97.1 Å². The van der Waals surface area contributed by atoms with Crippen LogP contribution in [0.2, 0.25) is 0 Å². The van der Waals surface area contributed by atoms with Crippen LogP contribution < -0.4 is 24.9 Å². The van der Waals surface area contributed by atoms with Gasteiger partial charge in [0.15, 0.2) is 6.20 Å². The Morgan fingerprint density at radius 2 is 1.25 bits per heavy atom. The van der Waals surface area contributed by atoms with Gasteiger partial charge in [0.2, 0.25) is 5.75 Å². The number of benzene rings is 4. The Balaban J connectivity index is 1.58. The van der Waals surface area contributed by atoms with Gasteiger partial charge in [0.05, 0.1) is 6.20 Å². The van der Waals surface area contributed by atoms with E-state index in [4.69, 9.17) is 9.16 Å². The molecule has 0 spiro atoms. The lowest BCUT2D eigenvalue weighted by Gasteiger charge is -2.33. The minimum absolute atomic E-state index is 0.592. The summed E-state index contributed by atoms with van der Waals surface area (Å²) in [5, 5.41) is 3.51.